The van der Waals surface area contributed by atoms with E-state index in [1.54, 1.807) is 6.20 Å². The minimum absolute atomic E-state index is 0.0563. The summed E-state index contributed by atoms with van der Waals surface area (Å²) in [7, 11) is 0. The number of aryl methyl sites for hydroxylation is 1. The molecule has 0 amide bonds. The lowest BCUT2D eigenvalue weighted by Crippen LogP contribution is -1.99. The van der Waals surface area contributed by atoms with Crippen molar-refractivity contribution in [2.45, 2.75) is 18.7 Å². The number of aromatic nitrogens is 1. The van der Waals surface area contributed by atoms with Crippen molar-refractivity contribution in [3.05, 3.63) is 63.9 Å². The van der Waals surface area contributed by atoms with Gasteiger partial charge in [0.15, 0.2) is 0 Å². The average Bonchev–Trinajstić information content (AvgIpc) is 2.34. The molecule has 1 aromatic carbocycles. The van der Waals surface area contributed by atoms with Crippen LogP contribution in [0.1, 0.15) is 22.2 Å². The Labute approximate surface area is 115 Å². The largest absolute Gasteiger partial charge is 0.261 e. The zero-order valence-electron chi connectivity index (χ0n) is 9.53. The minimum atomic E-state index is -0.0563. The predicted octanol–water partition coefficient (Wildman–Crippen LogP) is 4.68. The molecule has 1 unspecified atom stereocenters. The fourth-order valence-electron chi connectivity index (χ4n) is 1.72. The first-order chi connectivity index (χ1) is 8.18. The molecular formula is C14H13BrClN. The molecule has 1 nitrogen and oxygen atoms in total. The SMILES string of the molecule is Cc1cccc(C(Cl)Cc2ccccn2)c1Br. The maximum absolute atomic E-state index is 6.45. The fourth-order valence-corrected chi connectivity index (χ4v) is 2.74. The van der Waals surface area contributed by atoms with Crippen LogP contribution in [0, 0.1) is 6.92 Å². The standard InChI is InChI=1S/C14H13BrClN/c1-10-5-4-7-12(14(10)15)13(16)9-11-6-2-3-8-17-11/h2-8,13H,9H2,1H3. The average molecular weight is 311 g/mol. The quantitative estimate of drug-likeness (QED) is 0.750. The van der Waals surface area contributed by atoms with Crippen molar-refractivity contribution in [2.75, 3.05) is 0 Å². The molecule has 0 fully saturated rings. The summed E-state index contributed by atoms with van der Waals surface area (Å²) in [6.45, 7) is 2.07. The lowest BCUT2D eigenvalue weighted by atomic mass is 10.0. The van der Waals surface area contributed by atoms with Gasteiger partial charge in [-0.15, -0.1) is 11.6 Å². The second-order valence-corrected chi connectivity index (χ2v) is 5.29. The summed E-state index contributed by atoms with van der Waals surface area (Å²) in [6, 6.07) is 12.0. The molecule has 1 aromatic heterocycles. The Morgan fingerprint density at radius 3 is 2.76 bits per heavy atom. The van der Waals surface area contributed by atoms with E-state index in [1.165, 1.54) is 5.56 Å². The Hall–Kier alpha value is -0.860. The smallest absolute Gasteiger partial charge is 0.0651 e. The lowest BCUT2D eigenvalue weighted by Gasteiger charge is -2.12. The van der Waals surface area contributed by atoms with Crippen LogP contribution in [0.3, 0.4) is 0 Å². The normalized spacial score (nSPS) is 12.4. The molecule has 0 spiro atoms. The van der Waals surface area contributed by atoms with E-state index < -0.39 is 0 Å². The highest BCUT2D eigenvalue weighted by Gasteiger charge is 2.13. The van der Waals surface area contributed by atoms with E-state index >= 15 is 0 Å². The van der Waals surface area contributed by atoms with Crippen molar-refractivity contribution in [3.63, 3.8) is 0 Å². The molecule has 0 radical (unpaired) electrons. The third-order valence-electron chi connectivity index (χ3n) is 2.67. The third kappa shape index (κ3) is 3.08. The van der Waals surface area contributed by atoms with E-state index in [1.807, 2.05) is 24.3 Å². The van der Waals surface area contributed by atoms with Crippen LogP contribution in [0.5, 0.6) is 0 Å². The first-order valence-electron chi connectivity index (χ1n) is 5.47. The van der Waals surface area contributed by atoms with Crippen LogP contribution in [0.15, 0.2) is 47.1 Å². The summed E-state index contributed by atoms with van der Waals surface area (Å²) >= 11 is 10.0. The highest BCUT2D eigenvalue weighted by atomic mass is 79.9. The molecule has 0 aliphatic carbocycles. The third-order valence-corrected chi connectivity index (χ3v) is 4.15. The first kappa shape index (κ1) is 12.6. The van der Waals surface area contributed by atoms with E-state index in [-0.39, 0.29) is 5.38 Å². The first-order valence-corrected chi connectivity index (χ1v) is 6.70. The minimum Gasteiger partial charge on any atom is -0.261 e. The Bertz CT molecular complexity index is 499. The lowest BCUT2D eigenvalue weighted by molar-refractivity contribution is 0.875. The molecule has 0 saturated carbocycles. The Morgan fingerprint density at radius 2 is 2.06 bits per heavy atom. The highest BCUT2D eigenvalue weighted by molar-refractivity contribution is 9.10. The Morgan fingerprint density at radius 1 is 1.24 bits per heavy atom. The molecule has 1 heterocycles. The summed E-state index contributed by atoms with van der Waals surface area (Å²) in [5.74, 6) is 0. The van der Waals surface area contributed by atoms with E-state index in [4.69, 9.17) is 11.6 Å². The van der Waals surface area contributed by atoms with Gasteiger partial charge in [0.05, 0.1) is 5.38 Å². The summed E-state index contributed by atoms with van der Waals surface area (Å²) in [4.78, 5) is 4.30. The van der Waals surface area contributed by atoms with E-state index in [0.29, 0.717) is 0 Å². The molecule has 0 aliphatic rings. The molecule has 1 atom stereocenters. The van der Waals surface area contributed by atoms with Crippen LogP contribution in [0.25, 0.3) is 0 Å². The number of pyridine rings is 1. The summed E-state index contributed by atoms with van der Waals surface area (Å²) in [5, 5.41) is -0.0563. The predicted molar refractivity (Wildman–Crippen MR) is 75.4 cm³/mol. The Kier molecular flexibility index (Phi) is 4.19. The number of rotatable bonds is 3. The zero-order valence-corrected chi connectivity index (χ0v) is 11.9. The topological polar surface area (TPSA) is 12.9 Å². The van der Waals surface area contributed by atoms with Gasteiger partial charge in [-0.2, -0.15) is 0 Å². The number of halogens is 2. The summed E-state index contributed by atoms with van der Waals surface area (Å²) in [5.41, 5.74) is 3.34. The van der Waals surface area contributed by atoms with Gasteiger partial charge in [-0.05, 0) is 30.2 Å². The maximum atomic E-state index is 6.45. The van der Waals surface area contributed by atoms with E-state index in [2.05, 4.69) is 40.0 Å². The number of nitrogens with zero attached hydrogens (tertiary/aromatic N) is 1. The van der Waals surface area contributed by atoms with Crippen LogP contribution < -0.4 is 0 Å². The van der Waals surface area contributed by atoms with Crippen molar-refractivity contribution in [2.24, 2.45) is 0 Å². The zero-order chi connectivity index (χ0) is 12.3. The van der Waals surface area contributed by atoms with E-state index in [9.17, 15) is 0 Å². The van der Waals surface area contributed by atoms with Crippen molar-refractivity contribution in [1.29, 1.82) is 0 Å². The van der Waals surface area contributed by atoms with Crippen molar-refractivity contribution < 1.29 is 0 Å². The van der Waals surface area contributed by atoms with Gasteiger partial charge in [0.25, 0.3) is 0 Å². The van der Waals surface area contributed by atoms with E-state index in [0.717, 1.165) is 22.2 Å². The number of alkyl halides is 1. The monoisotopic (exact) mass is 309 g/mol. The summed E-state index contributed by atoms with van der Waals surface area (Å²) in [6.07, 6.45) is 2.54. The van der Waals surface area contributed by atoms with Gasteiger partial charge >= 0.3 is 0 Å². The summed E-state index contributed by atoms with van der Waals surface area (Å²) < 4.78 is 1.09. The molecular weight excluding hydrogens is 298 g/mol. The van der Waals surface area contributed by atoms with Crippen molar-refractivity contribution >= 4 is 27.5 Å². The molecule has 0 aliphatic heterocycles. The number of hydrogen-bond acceptors (Lipinski definition) is 1. The molecule has 17 heavy (non-hydrogen) atoms. The van der Waals surface area contributed by atoms with Gasteiger partial charge in [0, 0.05) is 22.8 Å². The highest BCUT2D eigenvalue weighted by Crippen LogP contribution is 2.32. The second kappa shape index (κ2) is 5.65. The van der Waals surface area contributed by atoms with Gasteiger partial charge < -0.3 is 0 Å². The van der Waals surface area contributed by atoms with Gasteiger partial charge in [-0.3, -0.25) is 4.98 Å². The number of benzene rings is 1. The van der Waals surface area contributed by atoms with Crippen LogP contribution in [0.4, 0.5) is 0 Å². The van der Waals surface area contributed by atoms with Crippen molar-refractivity contribution in [1.82, 2.24) is 4.98 Å². The molecule has 3 heteroatoms. The fraction of sp³-hybridized carbons (Fsp3) is 0.214. The van der Waals surface area contributed by atoms with Gasteiger partial charge in [0.1, 0.15) is 0 Å². The van der Waals surface area contributed by atoms with Crippen molar-refractivity contribution in [3.8, 4) is 0 Å². The Balaban J connectivity index is 2.20. The number of hydrogen-bond donors (Lipinski definition) is 0. The van der Waals surface area contributed by atoms with Crippen LogP contribution in [-0.4, -0.2) is 4.98 Å². The second-order valence-electron chi connectivity index (χ2n) is 3.97. The molecule has 2 rings (SSSR count). The maximum Gasteiger partial charge on any atom is 0.0651 e. The molecule has 2 aromatic rings. The molecule has 88 valence electrons. The molecule has 0 saturated heterocycles. The van der Waals surface area contributed by atoms with Crippen LogP contribution >= 0.6 is 27.5 Å². The van der Waals surface area contributed by atoms with Gasteiger partial charge in [-0.1, -0.05) is 40.2 Å². The van der Waals surface area contributed by atoms with Gasteiger partial charge in [0.2, 0.25) is 0 Å². The van der Waals surface area contributed by atoms with Gasteiger partial charge in [-0.25, -0.2) is 0 Å². The van der Waals surface area contributed by atoms with Crippen LogP contribution in [-0.2, 0) is 6.42 Å². The van der Waals surface area contributed by atoms with Crippen LogP contribution in [0.2, 0.25) is 0 Å². The molecule has 0 bridgehead atoms. The molecule has 0 N–H and O–H groups in total.